The molecule has 0 bridgehead atoms. The molecule has 0 aliphatic rings. The van der Waals surface area contributed by atoms with Crippen molar-refractivity contribution in [1.29, 1.82) is 0 Å². The lowest BCUT2D eigenvalue weighted by atomic mass is 10.2. The molecular weight excluding hydrogens is 248 g/mol. The zero-order valence-corrected chi connectivity index (χ0v) is 10.3. The highest BCUT2D eigenvalue weighted by Crippen LogP contribution is 2.09. The highest BCUT2D eigenvalue weighted by atomic mass is 35.5. The summed E-state index contributed by atoms with van der Waals surface area (Å²) in [4.78, 5) is 35.8. The Hall–Kier alpha value is -1.56. The van der Waals surface area contributed by atoms with Crippen molar-refractivity contribution in [3.8, 4) is 0 Å². The Labute approximate surface area is 102 Å². The summed E-state index contributed by atoms with van der Waals surface area (Å²) in [6.07, 6.45) is 1.25. The third-order valence-electron chi connectivity index (χ3n) is 2.17. The molecule has 0 aliphatic heterocycles. The molecule has 0 spiro atoms. The van der Waals surface area contributed by atoms with Crippen LogP contribution in [0.2, 0.25) is 5.02 Å². The lowest BCUT2D eigenvalue weighted by molar-refractivity contribution is -0.143. The molecule has 94 valence electrons. The Balaban J connectivity index is 2.93. The van der Waals surface area contributed by atoms with Gasteiger partial charge in [0.05, 0.1) is 13.0 Å². The molecule has 1 atom stereocenters. The largest absolute Gasteiger partial charge is 0.466 e. The van der Waals surface area contributed by atoms with E-state index in [9.17, 15) is 14.4 Å². The summed E-state index contributed by atoms with van der Waals surface area (Å²) in [5, 5.41) is -0.0969. The average Bonchev–Trinajstić information content (AvgIpc) is 2.23. The fourth-order valence-corrected chi connectivity index (χ4v) is 1.50. The summed E-state index contributed by atoms with van der Waals surface area (Å²) in [7, 11) is 0. The number of aromatic nitrogens is 2. The van der Waals surface area contributed by atoms with Crippen LogP contribution in [0.3, 0.4) is 0 Å². The molecule has 1 aromatic rings. The van der Waals surface area contributed by atoms with E-state index in [0.717, 1.165) is 0 Å². The molecule has 0 aromatic carbocycles. The van der Waals surface area contributed by atoms with Gasteiger partial charge < -0.3 is 4.74 Å². The summed E-state index contributed by atoms with van der Waals surface area (Å²) in [5.74, 6) is -0.408. The van der Waals surface area contributed by atoms with Crippen LogP contribution in [-0.4, -0.2) is 22.1 Å². The summed E-state index contributed by atoms with van der Waals surface area (Å²) in [6.45, 7) is 3.64. The van der Waals surface area contributed by atoms with Gasteiger partial charge in [-0.05, 0) is 13.8 Å². The summed E-state index contributed by atoms with van der Waals surface area (Å²) in [5.41, 5.74) is -1.24. The smallest absolute Gasteiger partial charge is 0.328 e. The third kappa shape index (κ3) is 3.45. The van der Waals surface area contributed by atoms with Crippen molar-refractivity contribution in [1.82, 2.24) is 9.55 Å². The number of carbonyl (C=O) groups is 1. The van der Waals surface area contributed by atoms with E-state index in [1.807, 2.05) is 0 Å². The maximum atomic E-state index is 11.5. The molecule has 1 heterocycles. The monoisotopic (exact) mass is 260 g/mol. The Bertz CT molecular complexity index is 520. The van der Waals surface area contributed by atoms with E-state index in [4.69, 9.17) is 16.3 Å². The maximum absolute atomic E-state index is 11.5. The van der Waals surface area contributed by atoms with E-state index < -0.39 is 23.3 Å². The molecule has 1 aromatic heterocycles. The zero-order valence-electron chi connectivity index (χ0n) is 9.53. The van der Waals surface area contributed by atoms with Crippen molar-refractivity contribution in [3.05, 3.63) is 32.1 Å². The van der Waals surface area contributed by atoms with Gasteiger partial charge in [0.1, 0.15) is 5.02 Å². The second-order valence-corrected chi connectivity index (χ2v) is 3.91. The first kappa shape index (κ1) is 13.5. The molecule has 1 rings (SSSR count). The number of rotatable bonds is 4. The third-order valence-corrected chi connectivity index (χ3v) is 2.44. The Kier molecular flexibility index (Phi) is 4.51. The number of nitrogens with one attached hydrogen (secondary N) is 1. The first-order valence-electron chi connectivity index (χ1n) is 5.12. The second-order valence-electron chi connectivity index (χ2n) is 3.50. The van der Waals surface area contributed by atoms with Crippen LogP contribution in [0.25, 0.3) is 0 Å². The first-order valence-corrected chi connectivity index (χ1v) is 5.50. The number of aromatic amines is 1. The Morgan fingerprint density at radius 1 is 1.59 bits per heavy atom. The van der Waals surface area contributed by atoms with Crippen molar-refractivity contribution < 1.29 is 9.53 Å². The fourth-order valence-electron chi connectivity index (χ4n) is 1.35. The average molecular weight is 261 g/mol. The van der Waals surface area contributed by atoms with Crippen LogP contribution in [0.5, 0.6) is 0 Å². The predicted octanol–water partition coefficient (Wildman–Crippen LogP) is 0.704. The number of hydrogen-bond donors (Lipinski definition) is 1. The number of carbonyl (C=O) groups excluding carboxylic acids is 1. The van der Waals surface area contributed by atoms with Gasteiger partial charge >= 0.3 is 11.7 Å². The van der Waals surface area contributed by atoms with Gasteiger partial charge in [-0.25, -0.2) is 4.79 Å². The lowest BCUT2D eigenvalue weighted by Crippen LogP contribution is -2.32. The van der Waals surface area contributed by atoms with Gasteiger partial charge in [0.2, 0.25) is 0 Å². The molecule has 6 nitrogen and oxygen atoms in total. The molecular formula is C10H13ClN2O4. The number of hydrogen-bond acceptors (Lipinski definition) is 4. The standard InChI is InChI=1S/C10H13ClN2O4/c1-3-17-8(14)4-6(2)13-5-7(11)9(15)12-10(13)16/h5-6H,3-4H2,1-2H3,(H,12,15,16). The van der Waals surface area contributed by atoms with Crippen LogP contribution in [-0.2, 0) is 9.53 Å². The van der Waals surface area contributed by atoms with Crippen LogP contribution in [0.4, 0.5) is 0 Å². The van der Waals surface area contributed by atoms with Crippen LogP contribution < -0.4 is 11.2 Å². The number of halogens is 1. The number of ether oxygens (including phenoxy) is 1. The highest BCUT2D eigenvalue weighted by Gasteiger charge is 2.14. The van der Waals surface area contributed by atoms with Gasteiger partial charge in [-0.3, -0.25) is 19.1 Å². The maximum Gasteiger partial charge on any atom is 0.328 e. The minimum Gasteiger partial charge on any atom is -0.466 e. The van der Waals surface area contributed by atoms with E-state index in [0.29, 0.717) is 0 Å². The summed E-state index contributed by atoms with van der Waals surface area (Å²) in [6, 6.07) is -0.434. The van der Waals surface area contributed by atoms with E-state index in [-0.39, 0.29) is 18.1 Å². The quantitative estimate of drug-likeness (QED) is 0.808. The van der Waals surface area contributed by atoms with Gasteiger partial charge in [-0.2, -0.15) is 0 Å². The van der Waals surface area contributed by atoms with Gasteiger partial charge in [-0.15, -0.1) is 0 Å². The summed E-state index contributed by atoms with van der Waals surface area (Å²) >= 11 is 5.61. The van der Waals surface area contributed by atoms with Gasteiger partial charge in [0.25, 0.3) is 5.56 Å². The van der Waals surface area contributed by atoms with Crippen molar-refractivity contribution >= 4 is 17.6 Å². The number of H-pyrrole nitrogens is 1. The highest BCUT2D eigenvalue weighted by molar-refractivity contribution is 6.30. The minimum absolute atomic E-state index is 0.0378. The zero-order chi connectivity index (χ0) is 13.0. The number of nitrogens with zero attached hydrogens (tertiary/aromatic N) is 1. The van der Waals surface area contributed by atoms with Crippen LogP contribution in [0, 0.1) is 0 Å². The van der Waals surface area contributed by atoms with Crippen molar-refractivity contribution in [2.75, 3.05) is 6.61 Å². The summed E-state index contributed by atoms with van der Waals surface area (Å²) < 4.78 is 5.96. The topological polar surface area (TPSA) is 81.2 Å². The second kappa shape index (κ2) is 5.67. The minimum atomic E-state index is -0.642. The molecule has 1 unspecified atom stereocenters. The molecule has 0 saturated carbocycles. The van der Waals surface area contributed by atoms with E-state index in [2.05, 4.69) is 4.98 Å². The van der Waals surface area contributed by atoms with Gasteiger partial charge in [0, 0.05) is 12.2 Å². The molecule has 0 amide bonds. The normalized spacial score (nSPS) is 12.2. The SMILES string of the molecule is CCOC(=O)CC(C)n1cc(Cl)c(=O)[nH]c1=O. The predicted molar refractivity (Wildman–Crippen MR) is 62.3 cm³/mol. The Morgan fingerprint density at radius 3 is 2.82 bits per heavy atom. The molecule has 0 saturated heterocycles. The molecule has 7 heteroatoms. The van der Waals surface area contributed by atoms with E-state index in [1.54, 1.807) is 13.8 Å². The number of esters is 1. The fraction of sp³-hybridized carbons (Fsp3) is 0.500. The van der Waals surface area contributed by atoms with Crippen molar-refractivity contribution in [2.45, 2.75) is 26.3 Å². The van der Waals surface area contributed by atoms with Gasteiger partial charge in [0.15, 0.2) is 0 Å². The molecule has 17 heavy (non-hydrogen) atoms. The first-order chi connectivity index (χ1) is 7.95. The van der Waals surface area contributed by atoms with E-state index in [1.165, 1.54) is 10.8 Å². The van der Waals surface area contributed by atoms with Crippen molar-refractivity contribution in [3.63, 3.8) is 0 Å². The van der Waals surface area contributed by atoms with E-state index >= 15 is 0 Å². The van der Waals surface area contributed by atoms with Gasteiger partial charge in [-0.1, -0.05) is 11.6 Å². The van der Waals surface area contributed by atoms with Crippen molar-refractivity contribution in [2.24, 2.45) is 0 Å². The van der Waals surface area contributed by atoms with Crippen LogP contribution in [0.15, 0.2) is 15.8 Å². The molecule has 1 N–H and O–H groups in total. The lowest BCUT2D eigenvalue weighted by Gasteiger charge is -2.13. The molecule has 0 radical (unpaired) electrons. The van der Waals surface area contributed by atoms with Crippen LogP contribution >= 0.6 is 11.6 Å². The van der Waals surface area contributed by atoms with Crippen LogP contribution in [0.1, 0.15) is 26.3 Å². The molecule has 0 fully saturated rings. The Morgan fingerprint density at radius 2 is 2.24 bits per heavy atom. The molecule has 0 aliphatic carbocycles.